The fourth-order valence-electron chi connectivity index (χ4n) is 2.45. The molecule has 0 fully saturated rings. The van der Waals surface area contributed by atoms with Crippen molar-refractivity contribution in [3.8, 4) is 11.5 Å². The minimum atomic E-state index is -3.88. The molecule has 0 radical (unpaired) electrons. The van der Waals surface area contributed by atoms with Crippen LogP contribution < -0.4 is 8.92 Å². The second-order valence-electron chi connectivity index (χ2n) is 5.79. The van der Waals surface area contributed by atoms with Crippen molar-refractivity contribution < 1.29 is 17.3 Å². The maximum atomic E-state index is 12.6. The van der Waals surface area contributed by atoms with Crippen molar-refractivity contribution in [2.75, 3.05) is 20.2 Å². The van der Waals surface area contributed by atoms with E-state index in [1.54, 1.807) is 43.5 Å². The van der Waals surface area contributed by atoms with E-state index in [2.05, 4.69) is 18.7 Å². The van der Waals surface area contributed by atoms with Crippen LogP contribution in [0.25, 0.3) is 0 Å². The number of hydrogen-bond acceptors (Lipinski definition) is 5. The number of methoxy groups -OCH3 is 1. The lowest BCUT2D eigenvalue weighted by Crippen LogP contribution is -2.23. The SMILES string of the molecule is CCN(CC)Cc1cc(OC)ccc1OS(=O)(=O)c1ccc(C)cc1. The predicted octanol–water partition coefficient (Wildman–Crippen LogP) is 3.61. The molecular formula is C19H25NO4S. The van der Waals surface area contributed by atoms with E-state index in [0.29, 0.717) is 18.0 Å². The largest absolute Gasteiger partial charge is 0.497 e. The molecule has 0 aliphatic carbocycles. The Morgan fingerprint density at radius 3 is 2.20 bits per heavy atom. The minimum Gasteiger partial charge on any atom is -0.497 e. The van der Waals surface area contributed by atoms with Gasteiger partial charge in [0.1, 0.15) is 16.4 Å². The van der Waals surface area contributed by atoms with E-state index >= 15 is 0 Å². The quantitative estimate of drug-likeness (QED) is 0.671. The van der Waals surface area contributed by atoms with Crippen LogP contribution >= 0.6 is 0 Å². The van der Waals surface area contributed by atoms with Gasteiger partial charge in [0.2, 0.25) is 0 Å². The fourth-order valence-corrected chi connectivity index (χ4v) is 3.41. The van der Waals surface area contributed by atoms with Gasteiger partial charge in [-0.25, -0.2) is 0 Å². The maximum absolute atomic E-state index is 12.6. The first-order valence-electron chi connectivity index (χ1n) is 8.30. The summed E-state index contributed by atoms with van der Waals surface area (Å²) in [5.74, 6) is 0.996. The van der Waals surface area contributed by atoms with Gasteiger partial charge in [0.05, 0.1) is 7.11 Å². The molecule has 2 aromatic rings. The van der Waals surface area contributed by atoms with Crippen molar-refractivity contribution >= 4 is 10.1 Å². The molecule has 136 valence electrons. The molecule has 0 amide bonds. The van der Waals surface area contributed by atoms with Gasteiger partial charge in [-0.2, -0.15) is 8.42 Å². The van der Waals surface area contributed by atoms with Crippen LogP contribution in [0.2, 0.25) is 0 Å². The molecule has 0 unspecified atom stereocenters. The van der Waals surface area contributed by atoms with Gasteiger partial charge in [0.25, 0.3) is 0 Å². The second-order valence-corrected chi connectivity index (χ2v) is 7.33. The van der Waals surface area contributed by atoms with Crippen LogP contribution in [0.15, 0.2) is 47.4 Å². The van der Waals surface area contributed by atoms with Gasteiger partial charge in [-0.3, -0.25) is 4.90 Å². The van der Waals surface area contributed by atoms with Crippen LogP contribution in [0.4, 0.5) is 0 Å². The first-order valence-corrected chi connectivity index (χ1v) is 9.70. The molecule has 0 N–H and O–H groups in total. The molecule has 0 bridgehead atoms. The van der Waals surface area contributed by atoms with E-state index in [1.165, 1.54) is 0 Å². The minimum absolute atomic E-state index is 0.141. The Labute approximate surface area is 150 Å². The molecule has 0 spiro atoms. The Morgan fingerprint density at radius 2 is 1.64 bits per heavy atom. The van der Waals surface area contributed by atoms with Crippen LogP contribution in [0.5, 0.6) is 11.5 Å². The highest BCUT2D eigenvalue weighted by Gasteiger charge is 2.19. The molecule has 0 aliphatic heterocycles. The zero-order valence-electron chi connectivity index (χ0n) is 15.2. The molecule has 0 saturated carbocycles. The molecular weight excluding hydrogens is 338 g/mol. The van der Waals surface area contributed by atoms with Crippen molar-refractivity contribution in [1.82, 2.24) is 4.90 Å². The lowest BCUT2D eigenvalue weighted by Gasteiger charge is -2.20. The summed E-state index contributed by atoms with van der Waals surface area (Å²) in [6.45, 7) is 8.34. The highest BCUT2D eigenvalue weighted by Crippen LogP contribution is 2.28. The summed E-state index contributed by atoms with van der Waals surface area (Å²) in [7, 11) is -2.30. The molecule has 0 aliphatic rings. The molecule has 0 aromatic heterocycles. The normalized spacial score (nSPS) is 11.6. The Morgan fingerprint density at radius 1 is 1.00 bits per heavy atom. The van der Waals surface area contributed by atoms with Gasteiger partial charge in [-0.15, -0.1) is 0 Å². The number of benzene rings is 2. The maximum Gasteiger partial charge on any atom is 0.339 e. The average Bonchev–Trinajstić information content (AvgIpc) is 2.61. The third-order valence-corrected chi connectivity index (χ3v) is 5.31. The summed E-state index contributed by atoms with van der Waals surface area (Å²) in [6.07, 6.45) is 0. The Kier molecular flexibility index (Phi) is 6.45. The van der Waals surface area contributed by atoms with Crippen LogP contribution in [0.1, 0.15) is 25.0 Å². The molecule has 0 atom stereocenters. The van der Waals surface area contributed by atoms with Crippen molar-refractivity contribution in [3.63, 3.8) is 0 Å². The summed E-state index contributed by atoms with van der Waals surface area (Å²) in [5, 5.41) is 0. The fraction of sp³-hybridized carbons (Fsp3) is 0.368. The summed E-state index contributed by atoms with van der Waals surface area (Å²) in [4.78, 5) is 2.32. The third kappa shape index (κ3) is 4.96. The number of rotatable bonds is 8. The predicted molar refractivity (Wildman–Crippen MR) is 98.6 cm³/mol. The zero-order chi connectivity index (χ0) is 18.4. The van der Waals surface area contributed by atoms with E-state index in [4.69, 9.17) is 8.92 Å². The first kappa shape index (κ1) is 19.3. The number of aryl methyl sites for hydroxylation is 1. The molecule has 5 nitrogen and oxygen atoms in total. The van der Waals surface area contributed by atoms with Crippen molar-refractivity contribution in [3.05, 3.63) is 53.6 Å². The van der Waals surface area contributed by atoms with Gasteiger partial charge in [-0.1, -0.05) is 31.5 Å². The topological polar surface area (TPSA) is 55.8 Å². The Bertz CT molecular complexity index is 797. The van der Waals surface area contributed by atoms with E-state index in [9.17, 15) is 8.42 Å². The highest BCUT2D eigenvalue weighted by molar-refractivity contribution is 7.87. The smallest absolute Gasteiger partial charge is 0.339 e. The number of hydrogen-bond donors (Lipinski definition) is 0. The van der Waals surface area contributed by atoms with Crippen LogP contribution in [0, 0.1) is 6.92 Å². The number of nitrogens with zero attached hydrogens (tertiary/aromatic N) is 1. The van der Waals surface area contributed by atoms with E-state index in [1.807, 2.05) is 13.0 Å². The van der Waals surface area contributed by atoms with Crippen molar-refractivity contribution in [1.29, 1.82) is 0 Å². The summed E-state index contributed by atoms with van der Waals surface area (Å²) >= 11 is 0. The zero-order valence-corrected chi connectivity index (χ0v) is 16.0. The van der Waals surface area contributed by atoms with Gasteiger partial charge >= 0.3 is 10.1 Å². The van der Waals surface area contributed by atoms with E-state index in [0.717, 1.165) is 24.2 Å². The Hall–Kier alpha value is -2.05. The van der Waals surface area contributed by atoms with Crippen molar-refractivity contribution in [2.24, 2.45) is 0 Å². The molecule has 0 saturated heterocycles. The standard InChI is InChI=1S/C19H25NO4S/c1-5-20(6-2)14-16-13-17(23-4)9-12-19(16)24-25(21,22)18-10-7-15(3)8-11-18/h7-13H,5-6,14H2,1-4H3. The Balaban J connectivity index is 2.35. The van der Waals surface area contributed by atoms with E-state index in [-0.39, 0.29) is 4.90 Å². The molecule has 2 rings (SSSR count). The first-order chi connectivity index (χ1) is 11.9. The molecule has 0 heterocycles. The van der Waals surface area contributed by atoms with Gasteiger partial charge in [-0.05, 0) is 50.3 Å². The van der Waals surface area contributed by atoms with Crippen LogP contribution in [0.3, 0.4) is 0 Å². The molecule has 6 heteroatoms. The lowest BCUT2D eigenvalue weighted by atomic mass is 10.1. The van der Waals surface area contributed by atoms with Crippen LogP contribution in [-0.2, 0) is 16.7 Å². The molecule has 2 aromatic carbocycles. The van der Waals surface area contributed by atoms with Gasteiger partial charge in [0, 0.05) is 12.1 Å². The second kappa shape index (κ2) is 8.36. The van der Waals surface area contributed by atoms with Gasteiger partial charge in [0.15, 0.2) is 0 Å². The molecule has 25 heavy (non-hydrogen) atoms. The summed E-state index contributed by atoms with van der Waals surface area (Å²) in [6, 6.07) is 11.8. The van der Waals surface area contributed by atoms with Crippen LogP contribution in [-0.4, -0.2) is 33.5 Å². The number of ether oxygens (including phenoxy) is 1. The summed E-state index contributed by atoms with van der Waals surface area (Å²) in [5.41, 5.74) is 1.77. The van der Waals surface area contributed by atoms with Gasteiger partial charge < -0.3 is 8.92 Å². The van der Waals surface area contributed by atoms with Crippen molar-refractivity contribution in [2.45, 2.75) is 32.2 Å². The average molecular weight is 363 g/mol. The third-order valence-electron chi connectivity index (χ3n) is 4.07. The van der Waals surface area contributed by atoms with E-state index < -0.39 is 10.1 Å². The highest BCUT2D eigenvalue weighted by atomic mass is 32.2. The summed E-state index contributed by atoms with van der Waals surface area (Å²) < 4.78 is 35.9. The lowest BCUT2D eigenvalue weighted by molar-refractivity contribution is 0.292. The monoisotopic (exact) mass is 363 g/mol.